The molecule has 0 aromatic heterocycles. The van der Waals surface area contributed by atoms with Gasteiger partial charge in [0.2, 0.25) is 0 Å². The monoisotopic (exact) mass is 232 g/mol. The topological polar surface area (TPSA) is 72.6 Å². The van der Waals surface area contributed by atoms with Crippen LogP contribution in [0.1, 0.15) is 0 Å². The second-order valence-corrected chi connectivity index (χ2v) is 4.39. The third kappa shape index (κ3) is 3.82. The highest BCUT2D eigenvalue weighted by Gasteiger charge is 2.30. The highest BCUT2D eigenvalue weighted by Crippen LogP contribution is 2.10. The van der Waals surface area contributed by atoms with Crippen molar-refractivity contribution in [2.75, 3.05) is 33.4 Å². The molecule has 0 fully saturated rings. The summed E-state index contributed by atoms with van der Waals surface area (Å²) in [5, 5.41) is 0. The van der Waals surface area contributed by atoms with Crippen LogP contribution in [0.3, 0.4) is 0 Å². The highest BCUT2D eigenvalue weighted by atomic mass is 32.2. The van der Waals surface area contributed by atoms with E-state index in [1.165, 1.54) is 7.11 Å². The lowest BCUT2D eigenvalue weighted by molar-refractivity contribution is 0.171. The maximum absolute atomic E-state index is 12.1. The first-order valence-corrected chi connectivity index (χ1v) is 5.43. The summed E-state index contributed by atoms with van der Waals surface area (Å²) in [6.45, 7) is -0.183. The van der Waals surface area contributed by atoms with Gasteiger partial charge in [-0.25, -0.2) is 8.42 Å². The van der Waals surface area contributed by atoms with Crippen molar-refractivity contribution in [2.45, 2.75) is 5.76 Å². The summed E-state index contributed by atoms with van der Waals surface area (Å²) in [7, 11) is -3.18. The fourth-order valence-electron chi connectivity index (χ4n) is 0.816. The number of hydrogen-bond acceptors (Lipinski definition) is 4. The van der Waals surface area contributed by atoms with Gasteiger partial charge >= 0.3 is 5.76 Å². The molecule has 0 bridgehead atoms. The van der Waals surface area contributed by atoms with E-state index < -0.39 is 15.8 Å². The second kappa shape index (κ2) is 6.23. The standard InChI is InChI=1S/C6H14F2N2O3S/c1-13-5-4-10(3-2-9)14(11,12)6(7)8/h6H,2-5,9H2,1H3. The molecule has 0 aliphatic carbocycles. The van der Waals surface area contributed by atoms with Crippen LogP contribution >= 0.6 is 0 Å². The molecule has 0 amide bonds. The Labute approximate surface area is 81.9 Å². The molecule has 14 heavy (non-hydrogen) atoms. The molecular weight excluding hydrogens is 218 g/mol. The zero-order valence-electron chi connectivity index (χ0n) is 7.82. The van der Waals surface area contributed by atoms with E-state index in [0.717, 1.165) is 0 Å². The molecule has 0 saturated carbocycles. The van der Waals surface area contributed by atoms with Gasteiger partial charge in [-0.1, -0.05) is 0 Å². The van der Waals surface area contributed by atoms with Crippen LogP contribution in [-0.2, 0) is 14.8 Å². The molecule has 0 aliphatic heterocycles. The van der Waals surface area contributed by atoms with Crippen LogP contribution in [0.4, 0.5) is 8.78 Å². The van der Waals surface area contributed by atoms with Crippen molar-refractivity contribution in [3.05, 3.63) is 0 Å². The lowest BCUT2D eigenvalue weighted by Crippen LogP contribution is -2.40. The van der Waals surface area contributed by atoms with E-state index in [0.29, 0.717) is 4.31 Å². The van der Waals surface area contributed by atoms with Crippen molar-refractivity contribution >= 4 is 10.0 Å². The normalized spacial score (nSPS) is 12.7. The van der Waals surface area contributed by atoms with E-state index in [1.54, 1.807) is 0 Å². The van der Waals surface area contributed by atoms with E-state index in [9.17, 15) is 17.2 Å². The first-order valence-electron chi connectivity index (χ1n) is 3.93. The van der Waals surface area contributed by atoms with Crippen molar-refractivity contribution < 1.29 is 21.9 Å². The van der Waals surface area contributed by atoms with Crippen LogP contribution in [0, 0.1) is 0 Å². The van der Waals surface area contributed by atoms with Gasteiger partial charge in [0.1, 0.15) is 0 Å². The van der Waals surface area contributed by atoms with Gasteiger partial charge < -0.3 is 10.5 Å². The summed E-state index contributed by atoms with van der Waals surface area (Å²) in [4.78, 5) is 0. The molecular formula is C6H14F2N2O3S. The second-order valence-electron chi connectivity index (χ2n) is 2.49. The van der Waals surface area contributed by atoms with Gasteiger partial charge in [0, 0.05) is 26.7 Å². The number of ether oxygens (including phenoxy) is 1. The Balaban J connectivity index is 4.47. The Morgan fingerprint density at radius 1 is 1.43 bits per heavy atom. The average Bonchev–Trinajstić information content (AvgIpc) is 2.11. The third-order valence-corrected chi connectivity index (χ3v) is 3.04. The maximum Gasteiger partial charge on any atom is 0.350 e. The smallest absolute Gasteiger partial charge is 0.350 e. The summed E-state index contributed by atoms with van der Waals surface area (Å²) in [5.41, 5.74) is 5.11. The SMILES string of the molecule is COCCN(CCN)S(=O)(=O)C(F)F. The van der Waals surface area contributed by atoms with Crippen molar-refractivity contribution in [3.8, 4) is 0 Å². The van der Waals surface area contributed by atoms with Crippen LogP contribution in [0.25, 0.3) is 0 Å². The van der Waals surface area contributed by atoms with Crippen LogP contribution in [-0.4, -0.2) is 51.8 Å². The first-order chi connectivity index (χ1) is 6.46. The molecule has 86 valence electrons. The number of nitrogens with zero attached hydrogens (tertiary/aromatic N) is 1. The molecule has 0 aliphatic rings. The lowest BCUT2D eigenvalue weighted by atomic mass is 10.6. The molecule has 0 atom stereocenters. The summed E-state index contributed by atoms with van der Waals surface area (Å²) in [5.74, 6) is -3.41. The highest BCUT2D eigenvalue weighted by molar-refractivity contribution is 7.89. The summed E-state index contributed by atoms with van der Waals surface area (Å²) in [6, 6.07) is 0. The molecule has 0 aromatic carbocycles. The van der Waals surface area contributed by atoms with Gasteiger partial charge in [-0.15, -0.1) is 0 Å². The van der Waals surface area contributed by atoms with E-state index in [2.05, 4.69) is 4.74 Å². The van der Waals surface area contributed by atoms with Crippen molar-refractivity contribution in [2.24, 2.45) is 5.73 Å². The summed E-state index contributed by atoms with van der Waals surface area (Å²) < 4.78 is 51.4. The van der Waals surface area contributed by atoms with Crippen LogP contribution < -0.4 is 5.73 Å². The lowest BCUT2D eigenvalue weighted by Gasteiger charge is -2.20. The number of sulfonamides is 1. The molecule has 8 heteroatoms. The molecule has 0 unspecified atom stereocenters. The maximum atomic E-state index is 12.1. The number of methoxy groups -OCH3 is 1. The zero-order chi connectivity index (χ0) is 11.2. The van der Waals surface area contributed by atoms with Gasteiger partial charge in [0.05, 0.1) is 6.61 Å². The Hall–Kier alpha value is -0.310. The molecule has 0 heterocycles. The minimum Gasteiger partial charge on any atom is -0.383 e. The van der Waals surface area contributed by atoms with Gasteiger partial charge in [0.25, 0.3) is 10.0 Å². The first kappa shape index (κ1) is 13.7. The van der Waals surface area contributed by atoms with Crippen molar-refractivity contribution in [3.63, 3.8) is 0 Å². The molecule has 2 N–H and O–H groups in total. The fraction of sp³-hybridized carbons (Fsp3) is 1.00. The van der Waals surface area contributed by atoms with Gasteiger partial charge in [-0.3, -0.25) is 0 Å². The number of hydrogen-bond donors (Lipinski definition) is 1. The number of halogens is 2. The predicted molar refractivity (Wildman–Crippen MR) is 47.4 cm³/mol. The molecule has 0 radical (unpaired) electrons. The van der Waals surface area contributed by atoms with Gasteiger partial charge in [0.15, 0.2) is 0 Å². The Morgan fingerprint density at radius 3 is 2.36 bits per heavy atom. The number of nitrogens with two attached hydrogens (primary N) is 1. The van der Waals surface area contributed by atoms with Gasteiger partial charge in [-0.2, -0.15) is 13.1 Å². The van der Waals surface area contributed by atoms with E-state index >= 15 is 0 Å². The third-order valence-electron chi connectivity index (χ3n) is 1.51. The Bertz CT molecular complexity index is 245. The molecule has 0 saturated heterocycles. The van der Waals surface area contributed by atoms with E-state index in [-0.39, 0.29) is 26.2 Å². The molecule has 5 nitrogen and oxygen atoms in total. The summed E-state index contributed by atoms with van der Waals surface area (Å²) in [6.07, 6.45) is 0. The summed E-state index contributed by atoms with van der Waals surface area (Å²) >= 11 is 0. The number of rotatable bonds is 7. The van der Waals surface area contributed by atoms with E-state index in [1.807, 2.05) is 0 Å². The Kier molecular flexibility index (Phi) is 6.09. The minimum atomic E-state index is -4.53. The van der Waals surface area contributed by atoms with E-state index in [4.69, 9.17) is 5.73 Å². The molecule has 0 rings (SSSR count). The molecule has 0 aromatic rings. The largest absolute Gasteiger partial charge is 0.383 e. The van der Waals surface area contributed by atoms with Crippen LogP contribution in [0.15, 0.2) is 0 Å². The Morgan fingerprint density at radius 2 is 2.00 bits per heavy atom. The van der Waals surface area contributed by atoms with Gasteiger partial charge in [-0.05, 0) is 0 Å². The van der Waals surface area contributed by atoms with Crippen LogP contribution in [0.2, 0.25) is 0 Å². The minimum absolute atomic E-state index is 0.00430. The predicted octanol–water partition coefficient (Wildman–Crippen LogP) is -0.554. The fourth-order valence-corrected chi connectivity index (χ4v) is 1.73. The molecule has 0 spiro atoms. The van der Waals surface area contributed by atoms with Crippen LogP contribution in [0.5, 0.6) is 0 Å². The average molecular weight is 232 g/mol. The quantitative estimate of drug-likeness (QED) is 0.639. The van der Waals surface area contributed by atoms with Crippen molar-refractivity contribution in [1.29, 1.82) is 0 Å². The van der Waals surface area contributed by atoms with Crippen molar-refractivity contribution in [1.82, 2.24) is 4.31 Å². The number of alkyl halides is 2. The zero-order valence-corrected chi connectivity index (χ0v) is 8.64.